The van der Waals surface area contributed by atoms with Crippen LogP contribution in [0.2, 0.25) is 0 Å². The van der Waals surface area contributed by atoms with E-state index in [1.165, 1.54) is 36.0 Å². The van der Waals surface area contributed by atoms with Crippen LogP contribution in [0.3, 0.4) is 0 Å². The van der Waals surface area contributed by atoms with E-state index in [4.69, 9.17) is 4.18 Å². The largest absolute Gasteiger partial charge is 0.297 e. The van der Waals surface area contributed by atoms with Gasteiger partial charge in [0, 0.05) is 16.9 Å². The Morgan fingerprint density at radius 3 is 2.26 bits per heavy atom. The standard InChI is InChI=1S/C17H14O4S2/c18-17(13-4-2-1-3-5-13)14-6-8-16(9-7-14)23(19,20)21-15-10-11-22-12-15/h1-11,15H,12H2. The quantitative estimate of drug-likeness (QED) is 0.614. The first-order chi connectivity index (χ1) is 11.1. The Morgan fingerprint density at radius 1 is 1.00 bits per heavy atom. The Bertz CT molecular complexity index is 825. The van der Waals surface area contributed by atoms with Crippen LogP contribution in [0.5, 0.6) is 0 Å². The number of carbonyl (C=O) groups is 1. The van der Waals surface area contributed by atoms with E-state index in [0.29, 0.717) is 16.9 Å². The van der Waals surface area contributed by atoms with Crippen LogP contribution >= 0.6 is 11.8 Å². The monoisotopic (exact) mass is 346 g/mol. The second kappa shape index (κ2) is 6.70. The zero-order valence-electron chi connectivity index (χ0n) is 12.1. The molecule has 0 bridgehead atoms. The Hall–Kier alpha value is -1.89. The number of rotatable bonds is 5. The maximum atomic E-state index is 12.3. The second-order valence-corrected chi connectivity index (χ2v) is 7.48. The average molecular weight is 346 g/mol. The fourth-order valence-corrected chi connectivity index (χ4v) is 4.05. The Labute approximate surface area is 139 Å². The van der Waals surface area contributed by atoms with Crippen molar-refractivity contribution < 1.29 is 17.4 Å². The summed E-state index contributed by atoms with van der Waals surface area (Å²) in [6, 6.07) is 14.7. The molecule has 3 rings (SSSR count). The van der Waals surface area contributed by atoms with Crippen LogP contribution in [0.15, 0.2) is 71.0 Å². The van der Waals surface area contributed by atoms with Gasteiger partial charge in [-0.1, -0.05) is 30.3 Å². The third kappa shape index (κ3) is 3.72. The van der Waals surface area contributed by atoms with E-state index >= 15 is 0 Å². The molecule has 0 saturated heterocycles. The third-order valence-electron chi connectivity index (χ3n) is 3.34. The molecule has 0 spiro atoms. The molecular weight excluding hydrogens is 332 g/mol. The molecule has 0 fully saturated rings. The van der Waals surface area contributed by atoms with Crippen molar-refractivity contribution in [1.29, 1.82) is 0 Å². The highest BCUT2D eigenvalue weighted by Crippen LogP contribution is 2.23. The van der Waals surface area contributed by atoms with Gasteiger partial charge in [-0.2, -0.15) is 8.42 Å². The summed E-state index contributed by atoms with van der Waals surface area (Å²) in [4.78, 5) is 12.3. The average Bonchev–Trinajstić information content (AvgIpc) is 3.07. The molecule has 1 aliphatic heterocycles. The van der Waals surface area contributed by atoms with Crippen molar-refractivity contribution >= 4 is 27.7 Å². The van der Waals surface area contributed by atoms with Crippen molar-refractivity contribution in [2.75, 3.05) is 5.75 Å². The molecular formula is C17H14O4S2. The zero-order chi connectivity index (χ0) is 16.3. The predicted octanol–water partition coefficient (Wildman–Crippen LogP) is 3.25. The smallest absolute Gasteiger partial charge is 0.289 e. The minimum Gasteiger partial charge on any atom is -0.289 e. The molecule has 0 amide bonds. The van der Waals surface area contributed by atoms with E-state index in [1.807, 2.05) is 11.5 Å². The second-order valence-electron chi connectivity index (χ2n) is 4.97. The SMILES string of the molecule is O=C(c1ccccc1)c1ccc(S(=O)(=O)OC2C=CSC2)cc1. The van der Waals surface area contributed by atoms with Gasteiger partial charge in [-0.05, 0) is 35.7 Å². The number of hydrogen-bond donors (Lipinski definition) is 0. The summed E-state index contributed by atoms with van der Waals surface area (Å²) in [5, 5.41) is 1.82. The van der Waals surface area contributed by atoms with Crippen LogP contribution in [0.25, 0.3) is 0 Å². The zero-order valence-corrected chi connectivity index (χ0v) is 13.7. The van der Waals surface area contributed by atoms with Crippen molar-refractivity contribution in [3.63, 3.8) is 0 Å². The summed E-state index contributed by atoms with van der Waals surface area (Å²) in [5.41, 5.74) is 0.999. The summed E-state index contributed by atoms with van der Waals surface area (Å²) in [6.07, 6.45) is 1.28. The van der Waals surface area contributed by atoms with Crippen LogP contribution < -0.4 is 0 Å². The van der Waals surface area contributed by atoms with Crippen LogP contribution in [0, 0.1) is 0 Å². The molecule has 6 heteroatoms. The van der Waals surface area contributed by atoms with Gasteiger partial charge >= 0.3 is 0 Å². The molecule has 2 aromatic rings. The van der Waals surface area contributed by atoms with E-state index < -0.39 is 16.2 Å². The first-order valence-electron chi connectivity index (χ1n) is 6.98. The fourth-order valence-electron chi connectivity index (χ4n) is 2.16. The minimum absolute atomic E-state index is 0.0485. The molecule has 23 heavy (non-hydrogen) atoms. The van der Waals surface area contributed by atoms with Crippen molar-refractivity contribution in [1.82, 2.24) is 0 Å². The molecule has 2 aromatic carbocycles. The highest BCUT2D eigenvalue weighted by molar-refractivity contribution is 8.02. The Morgan fingerprint density at radius 2 is 1.65 bits per heavy atom. The molecule has 118 valence electrons. The lowest BCUT2D eigenvalue weighted by atomic mass is 10.0. The van der Waals surface area contributed by atoms with Crippen LogP contribution in [-0.2, 0) is 14.3 Å². The molecule has 0 saturated carbocycles. The van der Waals surface area contributed by atoms with Gasteiger partial charge in [0.1, 0.15) is 6.10 Å². The Kier molecular flexibility index (Phi) is 4.66. The molecule has 0 radical (unpaired) electrons. The molecule has 0 aliphatic carbocycles. The number of carbonyl (C=O) groups excluding carboxylic acids is 1. The predicted molar refractivity (Wildman–Crippen MR) is 90.0 cm³/mol. The van der Waals surface area contributed by atoms with Crippen molar-refractivity contribution in [2.24, 2.45) is 0 Å². The summed E-state index contributed by atoms with van der Waals surface area (Å²) in [7, 11) is -3.83. The first kappa shape index (κ1) is 16.0. The van der Waals surface area contributed by atoms with Crippen molar-refractivity contribution in [3.05, 3.63) is 77.2 Å². The maximum absolute atomic E-state index is 12.3. The molecule has 1 atom stereocenters. The Balaban J connectivity index is 1.79. The van der Waals surface area contributed by atoms with Gasteiger partial charge < -0.3 is 0 Å². The molecule has 1 heterocycles. The van der Waals surface area contributed by atoms with Crippen molar-refractivity contribution in [3.8, 4) is 0 Å². The fraction of sp³-hybridized carbons (Fsp3) is 0.118. The maximum Gasteiger partial charge on any atom is 0.297 e. The van der Waals surface area contributed by atoms with Gasteiger partial charge in [-0.3, -0.25) is 8.98 Å². The number of benzene rings is 2. The van der Waals surface area contributed by atoms with Crippen LogP contribution in [0.1, 0.15) is 15.9 Å². The lowest BCUT2D eigenvalue weighted by Crippen LogP contribution is -2.17. The van der Waals surface area contributed by atoms with Gasteiger partial charge in [-0.25, -0.2) is 0 Å². The minimum atomic E-state index is -3.83. The molecule has 1 unspecified atom stereocenters. The number of ketones is 1. The summed E-state index contributed by atoms with van der Waals surface area (Å²) >= 11 is 1.51. The lowest BCUT2D eigenvalue weighted by Gasteiger charge is -2.10. The summed E-state index contributed by atoms with van der Waals surface area (Å²) in [5.74, 6) is 0.440. The van der Waals surface area contributed by atoms with Gasteiger partial charge in [0.2, 0.25) is 0 Å². The van der Waals surface area contributed by atoms with E-state index in [-0.39, 0.29) is 10.7 Å². The normalized spacial score (nSPS) is 17.3. The van der Waals surface area contributed by atoms with E-state index in [0.717, 1.165) is 0 Å². The molecule has 1 aliphatic rings. The van der Waals surface area contributed by atoms with Gasteiger partial charge in [0.25, 0.3) is 10.1 Å². The van der Waals surface area contributed by atoms with Crippen LogP contribution in [-0.4, -0.2) is 26.1 Å². The lowest BCUT2D eigenvalue weighted by molar-refractivity contribution is 0.103. The summed E-state index contributed by atoms with van der Waals surface area (Å²) < 4.78 is 29.5. The van der Waals surface area contributed by atoms with Gasteiger partial charge in [-0.15, -0.1) is 11.8 Å². The van der Waals surface area contributed by atoms with Crippen molar-refractivity contribution in [2.45, 2.75) is 11.0 Å². The van der Waals surface area contributed by atoms with E-state index in [1.54, 1.807) is 30.3 Å². The van der Waals surface area contributed by atoms with E-state index in [9.17, 15) is 13.2 Å². The highest BCUT2D eigenvalue weighted by Gasteiger charge is 2.22. The third-order valence-corrected chi connectivity index (χ3v) is 5.56. The molecule has 0 N–H and O–H groups in total. The number of hydrogen-bond acceptors (Lipinski definition) is 5. The van der Waals surface area contributed by atoms with Gasteiger partial charge in [0.15, 0.2) is 5.78 Å². The number of thioether (sulfide) groups is 1. The van der Waals surface area contributed by atoms with Gasteiger partial charge in [0.05, 0.1) is 4.90 Å². The molecule has 4 nitrogen and oxygen atoms in total. The molecule has 0 aromatic heterocycles. The highest BCUT2D eigenvalue weighted by atomic mass is 32.2. The van der Waals surface area contributed by atoms with E-state index in [2.05, 4.69) is 0 Å². The first-order valence-corrected chi connectivity index (χ1v) is 9.43. The summed E-state index contributed by atoms with van der Waals surface area (Å²) in [6.45, 7) is 0. The van der Waals surface area contributed by atoms with Crippen LogP contribution in [0.4, 0.5) is 0 Å². The topological polar surface area (TPSA) is 60.4 Å².